The maximum absolute atomic E-state index is 13.2. The lowest BCUT2D eigenvalue weighted by Gasteiger charge is -2.39. The van der Waals surface area contributed by atoms with Crippen LogP contribution in [-0.4, -0.2) is 79.5 Å². The van der Waals surface area contributed by atoms with Crippen molar-refractivity contribution in [3.8, 4) is 0 Å². The first-order chi connectivity index (χ1) is 13.0. The predicted octanol–water partition coefficient (Wildman–Crippen LogP) is 2.10. The van der Waals surface area contributed by atoms with E-state index in [1.54, 1.807) is 12.1 Å². The maximum atomic E-state index is 13.2. The first-order valence-electron chi connectivity index (χ1n) is 10.2. The Hall–Kier alpha value is -1.50. The van der Waals surface area contributed by atoms with Crippen LogP contribution in [-0.2, 0) is 4.79 Å². The Morgan fingerprint density at radius 2 is 1.74 bits per heavy atom. The molecule has 2 saturated heterocycles. The van der Waals surface area contributed by atoms with Crippen molar-refractivity contribution in [3.05, 3.63) is 35.6 Å². The van der Waals surface area contributed by atoms with E-state index >= 15 is 0 Å². The van der Waals surface area contributed by atoms with Gasteiger partial charge < -0.3 is 10.2 Å². The molecule has 0 radical (unpaired) electrons. The Bertz CT molecular complexity index is 593. The molecule has 2 aliphatic heterocycles. The van der Waals surface area contributed by atoms with Gasteiger partial charge in [0.2, 0.25) is 5.91 Å². The third kappa shape index (κ3) is 5.74. The number of likely N-dealkylation sites (tertiary alicyclic amines) is 1. The summed E-state index contributed by atoms with van der Waals surface area (Å²) in [5, 5.41) is 3.21. The second kappa shape index (κ2) is 9.62. The standard InChI is InChI=1S/C21H33FN4O/c1-3-20(17-4-6-18(22)7-5-17)26-14-12-25(13-15-26)16-21(27)23-19-8-10-24(2)11-9-19/h4-7,19-20H,3,8-16H2,1-2H3,(H,23,27). The van der Waals surface area contributed by atoms with Gasteiger partial charge in [0.1, 0.15) is 5.82 Å². The molecule has 0 saturated carbocycles. The van der Waals surface area contributed by atoms with Crippen LogP contribution in [0.5, 0.6) is 0 Å². The molecular formula is C21H33FN4O. The van der Waals surface area contributed by atoms with E-state index in [-0.39, 0.29) is 11.7 Å². The number of carbonyl (C=O) groups excluding carboxylic acids is 1. The number of nitrogens with zero attached hydrogens (tertiary/aromatic N) is 3. The fourth-order valence-corrected chi connectivity index (χ4v) is 4.25. The van der Waals surface area contributed by atoms with E-state index in [0.29, 0.717) is 18.6 Å². The zero-order valence-electron chi connectivity index (χ0n) is 16.7. The monoisotopic (exact) mass is 376 g/mol. The van der Waals surface area contributed by atoms with Crippen LogP contribution in [0.2, 0.25) is 0 Å². The number of halogens is 1. The van der Waals surface area contributed by atoms with Crippen molar-refractivity contribution in [2.24, 2.45) is 0 Å². The van der Waals surface area contributed by atoms with Crippen molar-refractivity contribution in [2.45, 2.75) is 38.3 Å². The Labute approximate surface area is 162 Å². The number of piperazine rings is 1. The van der Waals surface area contributed by atoms with Crippen LogP contribution >= 0.6 is 0 Å². The largest absolute Gasteiger partial charge is 0.352 e. The maximum Gasteiger partial charge on any atom is 0.234 e. The van der Waals surface area contributed by atoms with E-state index in [2.05, 4.69) is 34.0 Å². The molecule has 1 aromatic rings. The molecule has 1 unspecified atom stereocenters. The van der Waals surface area contributed by atoms with Crippen LogP contribution in [0.15, 0.2) is 24.3 Å². The summed E-state index contributed by atoms with van der Waals surface area (Å²) in [7, 11) is 2.13. The Morgan fingerprint density at radius 1 is 1.11 bits per heavy atom. The number of hydrogen-bond donors (Lipinski definition) is 1. The molecule has 1 N–H and O–H groups in total. The van der Waals surface area contributed by atoms with Crippen LogP contribution in [0.1, 0.15) is 37.8 Å². The minimum absolute atomic E-state index is 0.156. The van der Waals surface area contributed by atoms with Gasteiger partial charge in [0.05, 0.1) is 6.54 Å². The highest BCUT2D eigenvalue weighted by Gasteiger charge is 2.26. The van der Waals surface area contributed by atoms with Crippen LogP contribution in [0, 0.1) is 5.82 Å². The number of hydrogen-bond acceptors (Lipinski definition) is 4. The predicted molar refractivity (Wildman–Crippen MR) is 106 cm³/mol. The number of carbonyl (C=O) groups is 1. The third-order valence-corrected chi connectivity index (χ3v) is 5.94. The van der Waals surface area contributed by atoms with Crippen molar-refractivity contribution in [1.82, 2.24) is 20.0 Å². The molecule has 150 valence electrons. The molecule has 27 heavy (non-hydrogen) atoms. The third-order valence-electron chi connectivity index (χ3n) is 5.94. The molecule has 2 aliphatic rings. The number of amides is 1. The lowest BCUT2D eigenvalue weighted by molar-refractivity contribution is -0.123. The second-order valence-electron chi connectivity index (χ2n) is 7.93. The molecule has 1 amide bonds. The fraction of sp³-hybridized carbons (Fsp3) is 0.667. The Balaban J connectivity index is 1.44. The second-order valence-corrected chi connectivity index (χ2v) is 7.93. The van der Waals surface area contributed by atoms with Crippen LogP contribution in [0.3, 0.4) is 0 Å². The zero-order chi connectivity index (χ0) is 19.2. The molecule has 2 fully saturated rings. The van der Waals surface area contributed by atoms with E-state index in [9.17, 15) is 9.18 Å². The van der Waals surface area contributed by atoms with Crippen molar-refractivity contribution >= 4 is 5.91 Å². The van der Waals surface area contributed by atoms with Crippen molar-refractivity contribution in [3.63, 3.8) is 0 Å². The molecule has 6 heteroatoms. The molecule has 1 aromatic carbocycles. The van der Waals surface area contributed by atoms with Gasteiger partial charge in [-0.05, 0) is 57.1 Å². The molecule has 0 bridgehead atoms. The van der Waals surface area contributed by atoms with Crippen molar-refractivity contribution in [2.75, 3.05) is 52.9 Å². The summed E-state index contributed by atoms with van der Waals surface area (Å²) in [4.78, 5) is 19.4. The smallest absolute Gasteiger partial charge is 0.234 e. The minimum Gasteiger partial charge on any atom is -0.352 e. The van der Waals surface area contributed by atoms with E-state index in [1.807, 2.05) is 12.1 Å². The highest BCUT2D eigenvalue weighted by atomic mass is 19.1. The van der Waals surface area contributed by atoms with Gasteiger partial charge in [0.25, 0.3) is 0 Å². The Kier molecular flexibility index (Phi) is 7.21. The minimum atomic E-state index is -0.186. The van der Waals surface area contributed by atoms with Gasteiger partial charge in [0, 0.05) is 38.3 Å². The molecule has 0 spiro atoms. The van der Waals surface area contributed by atoms with Gasteiger partial charge in [-0.3, -0.25) is 14.6 Å². The van der Waals surface area contributed by atoms with Gasteiger partial charge in [-0.2, -0.15) is 0 Å². The summed E-state index contributed by atoms with van der Waals surface area (Å²) in [5.41, 5.74) is 1.17. The SMILES string of the molecule is CCC(c1ccc(F)cc1)N1CCN(CC(=O)NC2CCN(C)CC2)CC1. The molecule has 2 heterocycles. The summed E-state index contributed by atoms with van der Waals surface area (Å²) >= 11 is 0. The normalized spacial score (nSPS) is 21.9. The Morgan fingerprint density at radius 3 is 2.33 bits per heavy atom. The summed E-state index contributed by atoms with van der Waals surface area (Å²) in [6.07, 6.45) is 3.10. The van der Waals surface area contributed by atoms with E-state index in [0.717, 1.165) is 58.5 Å². The number of rotatable bonds is 6. The fourth-order valence-electron chi connectivity index (χ4n) is 4.25. The van der Waals surface area contributed by atoms with E-state index in [1.165, 1.54) is 5.56 Å². The molecule has 0 aromatic heterocycles. The summed E-state index contributed by atoms with van der Waals surface area (Å²) in [6.45, 7) is 8.48. The van der Waals surface area contributed by atoms with Crippen LogP contribution in [0.4, 0.5) is 4.39 Å². The average Bonchev–Trinajstić information content (AvgIpc) is 2.67. The molecule has 0 aliphatic carbocycles. The number of benzene rings is 1. The molecule has 3 rings (SSSR count). The van der Waals surface area contributed by atoms with E-state index < -0.39 is 0 Å². The summed E-state index contributed by atoms with van der Waals surface area (Å²) in [5.74, 6) is -0.0300. The van der Waals surface area contributed by atoms with Gasteiger partial charge in [-0.15, -0.1) is 0 Å². The van der Waals surface area contributed by atoms with Gasteiger partial charge >= 0.3 is 0 Å². The molecule has 1 atom stereocenters. The highest BCUT2D eigenvalue weighted by molar-refractivity contribution is 5.78. The van der Waals surface area contributed by atoms with Gasteiger partial charge in [0.15, 0.2) is 0 Å². The van der Waals surface area contributed by atoms with Crippen molar-refractivity contribution in [1.29, 1.82) is 0 Å². The number of piperidine rings is 1. The summed E-state index contributed by atoms with van der Waals surface area (Å²) in [6, 6.07) is 7.53. The van der Waals surface area contributed by atoms with Gasteiger partial charge in [-0.25, -0.2) is 4.39 Å². The first kappa shape index (κ1) is 20.2. The lowest BCUT2D eigenvalue weighted by Crippen LogP contribution is -2.52. The molecule has 5 nitrogen and oxygen atoms in total. The summed E-state index contributed by atoms with van der Waals surface area (Å²) < 4.78 is 13.2. The number of nitrogens with one attached hydrogen (secondary N) is 1. The van der Waals surface area contributed by atoms with Gasteiger partial charge in [-0.1, -0.05) is 19.1 Å². The zero-order valence-corrected chi connectivity index (χ0v) is 16.7. The molecular weight excluding hydrogens is 343 g/mol. The lowest BCUT2D eigenvalue weighted by atomic mass is 10.0. The topological polar surface area (TPSA) is 38.8 Å². The van der Waals surface area contributed by atoms with Crippen LogP contribution in [0.25, 0.3) is 0 Å². The highest BCUT2D eigenvalue weighted by Crippen LogP contribution is 2.25. The average molecular weight is 377 g/mol. The van der Waals surface area contributed by atoms with Crippen LogP contribution < -0.4 is 5.32 Å². The first-order valence-corrected chi connectivity index (χ1v) is 10.2. The van der Waals surface area contributed by atoms with E-state index in [4.69, 9.17) is 0 Å². The van der Waals surface area contributed by atoms with Crippen molar-refractivity contribution < 1.29 is 9.18 Å². The quantitative estimate of drug-likeness (QED) is 0.825.